The van der Waals surface area contributed by atoms with Crippen LogP contribution in [0.5, 0.6) is 11.5 Å². The molecule has 158 valence electrons. The number of ether oxygens (including phenoxy) is 1. The van der Waals surface area contributed by atoms with Gasteiger partial charge in [-0.25, -0.2) is 12.7 Å². The van der Waals surface area contributed by atoms with E-state index in [0.29, 0.717) is 17.2 Å². The summed E-state index contributed by atoms with van der Waals surface area (Å²) >= 11 is 6.21. The molecule has 0 saturated carbocycles. The molecular weight excluding hydrogens is 440 g/mol. The van der Waals surface area contributed by atoms with Crippen LogP contribution < -0.4 is 14.4 Å². The van der Waals surface area contributed by atoms with Crippen LogP contribution in [0.4, 0.5) is 11.4 Å². The van der Waals surface area contributed by atoms with E-state index < -0.39 is 21.8 Å². The van der Waals surface area contributed by atoms with Crippen molar-refractivity contribution in [3.63, 3.8) is 0 Å². The van der Waals surface area contributed by atoms with Crippen molar-refractivity contribution in [1.29, 1.82) is 0 Å². The Balaban J connectivity index is 1.47. The van der Waals surface area contributed by atoms with Gasteiger partial charge in [-0.3, -0.25) is 9.59 Å². The molecule has 0 aliphatic carbocycles. The molecule has 1 heterocycles. The van der Waals surface area contributed by atoms with Crippen molar-refractivity contribution in [2.75, 3.05) is 15.4 Å². The monoisotopic (exact) mass is 456 g/mol. The minimum atomic E-state index is -3.70. The van der Waals surface area contributed by atoms with E-state index in [2.05, 4.69) is 5.32 Å². The number of amides is 2. The quantitative estimate of drug-likeness (QED) is 0.612. The Morgan fingerprint density at radius 3 is 2.26 bits per heavy atom. The average molecular weight is 457 g/mol. The zero-order chi connectivity index (χ0) is 22.0. The molecule has 1 saturated heterocycles. The number of carbonyl (C=O) groups excluding carboxylic acids is 2. The highest BCUT2D eigenvalue weighted by atomic mass is 35.5. The lowest BCUT2D eigenvalue weighted by atomic mass is 10.1. The fraction of sp³-hybridized carbons (Fsp3) is 0.0909. The number of carbonyl (C=O) groups is 2. The molecule has 9 heteroatoms. The molecule has 1 aliphatic heterocycles. The molecule has 31 heavy (non-hydrogen) atoms. The maximum Gasteiger partial charge on any atom is 0.257 e. The van der Waals surface area contributed by atoms with Gasteiger partial charge in [0, 0.05) is 12.1 Å². The minimum Gasteiger partial charge on any atom is -0.457 e. The summed E-state index contributed by atoms with van der Waals surface area (Å²) in [6, 6.07) is 20.2. The zero-order valence-corrected chi connectivity index (χ0v) is 17.7. The molecule has 1 aliphatic rings. The molecule has 0 radical (unpaired) electrons. The minimum absolute atomic E-state index is 0.0360. The van der Waals surface area contributed by atoms with E-state index in [1.165, 1.54) is 18.2 Å². The second-order valence-corrected chi connectivity index (χ2v) is 9.13. The lowest BCUT2D eigenvalue weighted by Gasteiger charge is -2.16. The van der Waals surface area contributed by atoms with E-state index in [1.54, 1.807) is 24.3 Å². The van der Waals surface area contributed by atoms with Gasteiger partial charge in [-0.15, -0.1) is 0 Å². The number of hydrogen-bond acceptors (Lipinski definition) is 5. The number of nitrogens with one attached hydrogen (secondary N) is 1. The van der Waals surface area contributed by atoms with Crippen LogP contribution in [0.15, 0.2) is 72.8 Å². The standard InChI is InChI=1S/C22H17ClN2O5S/c23-20-14-16(25-21(26)12-13-31(25,28)29)8-11-19(20)22(27)24-15-6-9-18(10-7-15)30-17-4-2-1-3-5-17/h1-11,14H,12-13H2,(H,24,27). The maximum absolute atomic E-state index is 12.6. The fourth-order valence-corrected chi connectivity index (χ4v) is 4.82. The van der Waals surface area contributed by atoms with Gasteiger partial charge in [0.2, 0.25) is 15.9 Å². The third kappa shape index (κ3) is 4.55. The first-order valence-corrected chi connectivity index (χ1v) is 11.3. The molecule has 0 spiro atoms. The molecule has 0 unspecified atom stereocenters. The summed E-state index contributed by atoms with van der Waals surface area (Å²) in [5, 5.41) is 2.76. The number of halogens is 1. The normalized spacial score (nSPS) is 15.0. The lowest BCUT2D eigenvalue weighted by Crippen LogP contribution is -2.29. The van der Waals surface area contributed by atoms with Crippen LogP contribution in [-0.2, 0) is 14.8 Å². The Kier molecular flexibility index (Phi) is 5.67. The summed E-state index contributed by atoms with van der Waals surface area (Å²) in [7, 11) is -3.70. The van der Waals surface area contributed by atoms with E-state index in [-0.39, 0.29) is 28.4 Å². The molecule has 1 fully saturated rings. The Hall–Kier alpha value is -3.36. The summed E-state index contributed by atoms with van der Waals surface area (Å²) in [6.07, 6.45) is -0.0772. The Morgan fingerprint density at radius 1 is 0.968 bits per heavy atom. The molecule has 3 aromatic carbocycles. The van der Waals surface area contributed by atoms with Crippen molar-refractivity contribution in [2.24, 2.45) is 0 Å². The summed E-state index contributed by atoms with van der Waals surface area (Å²) in [4.78, 5) is 24.5. The first-order chi connectivity index (χ1) is 14.8. The second-order valence-electron chi connectivity index (χ2n) is 6.78. The third-order valence-electron chi connectivity index (χ3n) is 4.60. The van der Waals surface area contributed by atoms with Gasteiger partial charge in [-0.1, -0.05) is 29.8 Å². The van der Waals surface area contributed by atoms with Crippen LogP contribution in [0.3, 0.4) is 0 Å². The number of nitrogens with zero attached hydrogens (tertiary/aromatic N) is 1. The van der Waals surface area contributed by atoms with Crippen molar-refractivity contribution >= 4 is 44.8 Å². The van der Waals surface area contributed by atoms with Crippen LogP contribution in [0.2, 0.25) is 5.02 Å². The zero-order valence-electron chi connectivity index (χ0n) is 16.1. The first kappa shape index (κ1) is 20.9. The molecule has 1 N–H and O–H groups in total. The number of para-hydroxylation sites is 1. The van der Waals surface area contributed by atoms with E-state index in [0.717, 1.165) is 4.31 Å². The number of anilines is 2. The van der Waals surface area contributed by atoms with Crippen LogP contribution >= 0.6 is 11.6 Å². The molecule has 0 aromatic heterocycles. The summed E-state index contributed by atoms with van der Waals surface area (Å²) in [5.41, 5.74) is 0.799. The van der Waals surface area contributed by atoms with Gasteiger partial charge in [-0.2, -0.15) is 0 Å². The highest BCUT2D eigenvalue weighted by Gasteiger charge is 2.36. The summed E-state index contributed by atoms with van der Waals surface area (Å²) < 4.78 is 30.6. The van der Waals surface area contributed by atoms with Crippen LogP contribution in [0, 0.1) is 0 Å². The molecular formula is C22H17ClN2O5S. The van der Waals surface area contributed by atoms with Crippen molar-refractivity contribution < 1.29 is 22.7 Å². The Labute approximate surface area is 184 Å². The molecule has 0 bridgehead atoms. The molecule has 4 rings (SSSR count). The predicted molar refractivity (Wildman–Crippen MR) is 118 cm³/mol. The van der Waals surface area contributed by atoms with Gasteiger partial charge in [-0.05, 0) is 54.6 Å². The van der Waals surface area contributed by atoms with Gasteiger partial charge >= 0.3 is 0 Å². The van der Waals surface area contributed by atoms with E-state index in [1.807, 2.05) is 30.3 Å². The molecule has 0 atom stereocenters. The predicted octanol–water partition coefficient (Wildman–Crippen LogP) is 4.45. The smallest absolute Gasteiger partial charge is 0.257 e. The van der Waals surface area contributed by atoms with E-state index in [9.17, 15) is 18.0 Å². The number of rotatable bonds is 5. The first-order valence-electron chi connectivity index (χ1n) is 9.33. The number of benzene rings is 3. The number of hydrogen-bond donors (Lipinski definition) is 1. The lowest BCUT2D eigenvalue weighted by molar-refractivity contribution is -0.116. The molecule has 7 nitrogen and oxygen atoms in total. The Morgan fingerprint density at radius 2 is 1.65 bits per heavy atom. The SMILES string of the molecule is O=C(Nc1ccc(Oc2ccccc2)cc1)c1ccc(N2C(=O)CCS2(=O)=O)cc1Cl. The van der Waals surface area contributed by atoms with Gasteiger partial charge in [0.05, 0.1) is 22.0 Å². The third-order valence-corrected chi connectivity index (χ3v) is 6.61. The van der Waals surface area contributed by atoms with Gasteiger partial charge in [0.15, 0.2) is 0 Å². The van der Waals surface area contributed by atoms with Crippen molar-refractivity contribution in [1.82, 2.24) is 0 Å². The van der Waals surface area contributed by atoms with Crippen LogP contribution in [0.1, 0.15) is 16.8 Å². The Bertz CT molecular complexity index is 1240. The van der Waals surface area contributed by atoms with Crippen molar-refractivity contribution in [3.8, 4) is 11.5 Å². The van der Waals surface area contributed by atoms with Gasteiger partial charge in [0.25, 0.3) is 5.91 Å². The van der Waals surface area contributed by atoms with Crippen LogP contribution in [0.25, 0.3) is 0 Å². The van der Waals surface area contributed by atoms with Gasteiger partial charge < -0.3 is 10.1 Å². The largest absolute Gasteiger partial charge is 0.457 e. The van der Waals surface area contributed by atoms with Crippen LogP contribution in [-0.4, -0.2) is 26.0 Å². The summed E-state index contributed by atoms with van der Waals surface area (Å²) in [6.45, 7) is 0. The van der Waals surface area contributed by atoms with E-state index >= 15 is 0 Å². The average Bonchev–Trinajstić information content (AvgIpc) is 3.02. The van der Waals surface area contributed by atoms with E-state index in [4.69, 9.17) is 16.3 Å². The molecule has 2 amide bonds. The van der Waals surface area contributed by atoms with Crippen molar-refractivity contribution in [2.45, 2.75) is 6.42 Å². The fourth-order valence-electron chi connectivity index (χ4n) is 3.11. The highest BCUT2D eigenvalue weighted by Crippen LogP contribution is 2.30. The van der Waals surface area contributed by atoms with Gasteiger partial charge in [0.1, 0.15) is 11.5 Å². The summed E-state index contributed by atoms with van der Waals surface area (Å²) in [5.74, 6) is 0.0815. The second kappa shape index (κ2) is 8.41. The molecule has 3 aromatic rings. The highest BCUT2D eigenvalue weighted by molar-refractivity contribution is 7.94. The van der Waals surface area contributed by atoms with Crippen molar-refractivity contribution in [3.05, 3.63) is 83.4 Å². The maximum atomic E-state index is 12.6. The topological polar surface area (TPSA) is 92.8 Å². The number of sulfonamides is 1.